The topological polar surface area (TPSA) is 184 Å². The smallest absolute Gasteiger partial charge is 0.342 e. The van der Waals surface area contributed by atoms with Crippen molar-refractivity contribution in [1.29, 1.82) is 0 Å². The molecule has 66 heavy (non-hydrogen) atoms. The van der Waals surface area contributed by atoms with Gasteiger partial charge in [0.15, 0.2) is 5.82 Å². The molecular weight excluding hydrogens is 857 g/mol. The number of ether oxygens (including phenoxy) is 1. The summed E-state index contributed by atoms with van der Waals surface area (Å²) < 4.78 is 35.8. The SMILES string of the molecule is COc1cc(C(=O)N2CCN(C/C=C/CN3CCN(c4ccc5c(c4)C(=O)N(C4CCC(=O)NC4=O)C5=O)CC3)CC2)ccc1Nc1ncc2c(n1)N(C1CCCC1)CC(F)(F)C(=O)N2C. The number of alkyl halides is 2. The van der Waals surface area contributed by atoms with Crippen LogP contribution in [-0.4, -0.2) is 169 Å². The number of carbonyl (C=O) groups excluding carboxylic acids is 6. The highest BCUT2D eigenvalue weighted by Gasteiger charge is 2.49. The van der Waals surface area contributed by atoms with Crippen molar-refractivity contribution in [1.82, 2.24) is 34.9 Å². The highest BCUT2D eigenvalue weighted by atomic mass is 19.3. The van der Waals surface area contributed by atoms with Gasteiger partial charge in [-0.2, -0.15) is 13.8 Å². The van der Waals surface area contributed by atoms with Crippen LogP contribution in [0.15, 0.2) is 54.7 Å². The first-order chi connectivity index (χ1) is 31.8. The minimum absolute atomic E-state index is 0.0724. The van der Waals surface area contributed by atoms with Gasteiger partial charge in [0.2, 0.25) is 17.8 Å². The molecule has 348 valence electrons. The second kappa shape index (κ2) is 18.4. The van der Waals surface area contributed by atoms with Crippen LogP contribution in [0.2, 0.25) is 0 Å². The minimum Gasteiger partial charge on any atom is -0.495 e. The summed E-state index contributed by atoms with van der Waals surface area (Å²) in [5, 5.41) is 5.36. The van der Waals surface area contributed by atoms with Crippen LogP contribution in [0.25, 0.3) is 0 Å². The van der Waals surface area contributed by atoms with Gasteiger partial charge in [-0.05, 0) is 55.7 Å². The quantitative estimate of drug-likeness (QED) is 0.211. The zero-order valence-electron chi connectivity index (χ0n) is 37.0. The number of fused-ring (bicyclic) bond motifs is 2. The number of amides is 6. The number of methoxy groups -OCH3 is 1. The van der Waals surface area contributed by atoms with Gasteiger partial charge in [-0.1, -0.05) is 25.0 Å². The largest absolute Gasteiger partial charge is 0.495 e. The van der Waals surface area contributed by atoms with Crippen LogP contribution in [0.5, 0.6) is 5.75 Å². The lowest BCUT2D eigenvalue weighted by molar-refractivity contribution is -0.140. The zero-order valence-corrected chi connectivity index (χ0v) is 37.0. The molecule has 6 amide bonds. The van der Waals surface area contributed by atoms with E-state index in [1.165, 1.54) is 20.4 Å². The molecule has 18 nitrogen and oxygen atoms in total. The number of benzene rings is 2. The maximum Gasteiger partial charge on any atom is 0.342 e. The number of imide groups is 2. The Balaban J connectivity index is 0.737. The molecule has 1 saturated carbocycles. The number of rotatable bonds is 11. The number of hydrogen-bond acceptors (Lipinski definition) is 14. The summed E-state index contributed by atoms with van der Waals surface area (Å²) in [5.41, 5.74) is 2.54. The molecule has 20 heteroatoms. The van der Waals surface area contributed by atoms with E-state index in [-0.39, 0.29) is 53.4 Å². The molecule has 0 radical (unpaired) electrons. The van der Waals surface area contributed by atoms with Crippen LogP contribution in [0, 0.1) is 0 Å². The van der Waals surface area contributed by atoms with Crippen LogP contribution in [0.4, 0.5) is 37.6 Å². The highest BCUT2D eigenvalue weighted by molar-refractivity contribution is 6.23. The van der Waals surface area contributed by atoms with Gasteiger partial charge in [-0.3, -0.25) is 48.8 Å². The van der Waals surface area contributed by atoms with E-state index >= 15 is 8.78 Å². The van der Waals surface area contributed by atoms with E-state index in [9.17, 15) is 28.8 Å². The fourth-order valence-corrected chi connectivity index (χ4v) is 9.76. The first-order valence-electron chi connectivity index (χ1n) is 22.5. The van der Waals surface area contributed by atoms with E-state index in [2.05, 4.69) is 47.5 Å². The van der Waals surface area contributed by atoms with E-state index in [1.54, 1.807) is 35.2 Å². The minimum atomic E-state index is -3.58. The Kier molecular flexibility index (Phi) is 12.4. The van der Waals surface area contributed by atoms with Crippen molar-refractivity contribution in [2.24, 2.45) is 0 Å². The number of carbonyl (C=O) groups is 6. The van der Waals surface area contributed by atoms with Gasteiger partial charge in [0.05, 0.1) is 36.7 Å². The van der Waals surface area contributed by atoms with Crippen molar-refractivity contribution < 1.29 is 42.3 Å². The summed E-state index contributed by atoms with van der Waals surface area (Å²) in [5.74, 6) is -6.27. The van der Waals surface area contributed by atoms with Gasteiger partial charge >= 0.3 is 5.92 Å². The first kappa shape index (κ1) is 44.7. The summed E-state index contributed by atoms with van der Waals surface area (Å²) in [6.45, 7) is 6.43. The molecule has 3 aromatic rings. The van der Waals surface area contributed by atoms with Gasteiger partial charge in [0.25, 0.3) is 23.6 Å². The Labute approximate surface area is 380 Å². The molecule has 1 unspecified atom stereocenters. The summed E-state index contributed by atoms with van der Waals surface area (Å²) in [6, 6.07) is 9.13. The second-order valence-electron chi connectivity index (χ2n) is 17.6. The Hall–Kier alpha value is -6.54. The average Bonchev–Trinajstić information content (AvgIpc) is 3.94. The molecule has 2 aromatic carbocycles. The van der Waals surface area contributed by atoms with E-state index in [1.807, 2.05) is 11.0 Å². The molecule has 1 aliphatic carbocycles. The molecule has 9 rings (SSSR count). The number of halogens is 2. The molecule has 1 aromatic heterocycles. The molecule has 6 aliphatic rings. The molecule has 6 heterocycles. The predicted octanol–water partition coefficient (Wildman–Crippen LogP) is 3.13. The Morgan fingerprint density at radius 1 is 0.879 bits per heavy atom. The lowest BCUT2D eigenvalue weighted by atomic mass is 10.0. The fourth-order valence-electron chi connectivity index (χ4n) is 9.76. The van der Waals surface area contributed by atoms with Gasteiger partial charge in [-0.25, -0.2) is 4.98 Å². The van der Waals surface area contributed by atoms with E-state index < -0.39 is 48.0 Å². The molecule has 5 aliphatic heterocycles. The number of nitrogens with zero attached hydrogens (tertiary/aromatic N) is 9. The monoisotopic (exact) mass is 909 g/mol. The van der Waals surface area contributed by atoms with Crippen molar-refractivity contribution in [3.63, 3.8) is 0 Å². The number of piperidine rings is 1. The molecule has 4 fully saturated rings. The normalized spacial score (nSPS) is 22.0. The van der Waals surface area contributed by atoms with Crippen molar-refractivity contribution in [2.45, 2.75) is 56.5 Å². The zero-order chi connectivity index (χ0) is 46.3. The van der Waals surface area contributed by atoms with Crippen LogP contribution in [0.1, 0.15) is 69.6 Å². The average molecular weight is 910 g/mol. The van der Waals surface area contributed by atoms with Crippen LogP contribution in [0.3, 0.4) is 0 Å². The molecule has 2 N–H and O–H groups in total. The Bertz CT molecular complexity index is 2470. The van der Waals surface area contributed by atoms with Gasteiger partial charge in [0.1, 0.15) is 17.5 Å². The number of hydrogen-bond donors (Lipinski definition) is 2. The third kappa shape index (κ3) is 8.78. The highest BCUT2D eigenvalue weighted by Crippen LogP contribution is 2.40. The van der Waals surface area contributed by atoms with Crippen molar-refractivity contribution in [3.05, 3.63) is 71.4 Å². The molecule has 3 saturated heterocycles. The van der Waals surface area contributed by atoms with Gasteiger partial charge in [-0.15, -0.1) is 0 Å². The van der Waals surface area contributed by atoms with Crippen LogP contribution in [-0.2, 0) is 14.4 Å². The van der Waals surface area contributed by atoms with E-state index in [0.717, 1.165) is 80.4 Å². The maximum absolute atomic E-state index is 15.1. The summed E-state index contributed by atoms with van der Waals surface area (Å²) in [6.07, 6.45) is 9.18. The fraction of sp³-hybridized carbons (Fsp3) is 0.478. The van der Waals surface area contributed by atoms with Gasteiger partial charge < -0.3 is 29.7 Å². The number of anilines is 5. The number of aromatic nitrogens is 2. The first-order valence-corrected chi connectivity index (χ1v) is 22.5. The van der Waals surface area contributed by atoms with Crippen LogP contribution >= 0.6 is 0 Å². The Morgan fingerprint density at radius 3 is 2.24 bits per heavy atom. The summed E-state index contributed by atoms with van der Waals surface area (Å²) >= 11 is 0. The standard InChI is InChI=1S/C46H53F2N11O7/c1-53-36-27-49-45(52-39(36)58(30-7-3-4-8-30)28-46(47,48)44(53)65)50-34-12-9-29(25-37(34)66-2)41(62)57-23-19-55(20-24-57)16-6-5-15-54-17-21-56(22-18-54)31-10-11-32-33(26-31)43(64)59(42(32)63)35-13-14-38(60)51-40(35)61/h5-6,9-12,25-27,30,35H,3-4,7-8,13-24,28H2,1-2H3,(H,49,50,52)(H,51,60,61)/b6-5+. The molecule has 0 spiro atoms. The number of piperazine rings is 2. The molecule has 1 atom stereocenters. The van der Waals surface area contributed by atoms with Crippen molar-refractivity contribution in [3.8, 4) is 5.75 Å². The predicted molar refractivity (Wildman–Crippen MR) is 240 cm³/mol. The maximum atomic E-state index is 15.1. The lowest BCUT2D eigenvalue weighted by Crippen LogP contribution is -2.54. The number of nitrogens with one attached hydrogen (secondary N) is 2. The van der Waals surface area contributed by atoms with Crippen LogP contribution < -0.4 is 30.1 Å². The third-order valence-corrected chi connectivity index (χ3v) is 13.5. The van der Waals surface area contributed by atoms with E-state index in [0.29, 0.717) is 43.2 Å². The molecular formula is C46H53F2N11O7. The Morgan fingerprint density at radius 2 is 1.56 bits per heavy atom. The van der Waals surface area contributed by atoms with Crippen molar-refractivity contribution >= 4 is 64.3 Å². The second-order valence-corrected chi connectivity index (χ2v) is 17.6. The van der Waals surface area contributed by atoms with Gasteiger partial charge in [0, 0.05) is 96.2 Å². The molecule has 0 bridgehead atoms. The lowest BCUT2D eigenvalue weighted by Gasteiger charge is -2.36. The summed E-state index contributed by atoms with van der Waals surface area (Å²) in [7, 11) is 2.81. The van der Waals surface area contributed by atoms with Crippen molar-refractivity contribution in [2.75, 3.05) is 106 Å². The summed E-state index contributed by atoms with van der Waals surface area (Å²) in [4.78, 5) is 98.0. The third-order valence-electron chi connectivity index (χ3n) is 13.5. The van der Waals surface area contributed by atoms with E-state index in [4.69, 9.17) is 4.74 Å².